The first-order valence-electron chi connectivity index (χ1n) is 4.85. The molecule has 4 nitrogen and oxygen atoms in total. The lowest BCUT2D eigenvalue weighted by atomic mass is 10.0. The zero-order chi connectivity index (χ0) is 11.3. The minimum absolute atomic E-state index is 0.0803. The lowest BCUT2D eigenvalue weighted by molar-refractivity contribution is 0.0935. The van der Waals surface area contributed by atoms with Crippen molar-refractivity contribution in [3.63, 3.8) is 0 Å². The van der Waals surface area contributed by atoms with Crippen LogP contribution < -0.4 is 5.73 Å². The lowest BCUT2D eigenvalue weighted by Crippen LogP contribution is -2.31. The fraction of sp³-hybridized carbons (Fsp3) is 0.455. The van der Waals surface area contributed by atoms with Gasteiger partial charge in [0.1, 0.15) is 0 Å². The lowest BCUT2D eigenvalue weighted by Gasteiger charge is -2.09. The molecule has 0 radical (unpaired) electrons. The summed E-state index contributed by atoms with van der Waals surface area (Å²) in [6.45, 7) is 2.39. The number of aromatic nitrogens is 1. The van der Waals surface area contributed by atoms with E-state index in [2.05, 4.69) is 4.98 Å². The summed E-state index contributed by atoms with van der Waals surface area (Å²) in [5.74, 6) is -0.0803. The Morgan fingerprint density at radius 2 is 2.33 bits per heavy atom. The average molecular weight is 208 g/mol. The van der Waals surface area contributed by atoms with Gasteiger partial charge in [0, 0.05) is 31.7 Å². The highest BCUT2D eigenvalue weighted by molar-refractivity contribution is 5.99. The molecule has 0 fully saturated rings. The van der Waals surface area contributed by atoms with E-state index in [0.717, 1.165) is 5.56 Å². The van der Waals surface area contributed by atoms with Crippen LogP contribution in [0.4, 0.5) is 0 Å². The second-order valence-corrected chi connectivity index (χ2v) is 3.50. The predicted molar refractivity (Wildman–Crippen MR) is 57.8 cm³/mol. The van der Waals surface area contributed by atoms with Gasteiger partial charge in [-0.15, -0.1) is 0 Å². The van der Waals surface area contributed by atoms with E-state index in [1.165, 1.54) is 0 Å². The van der Waals surface area contributed by atoms with Crippen LogP contribution in [0.2, 0.25) is 0 Å². The van der Waals surface area contributed by atoms with Crippen molar-refractivity contribution in [2.45, 2.75) is 19.4 Å². The van der Waals surface area contributed by atoms with Gasteiger partial charge < -0.3 is 10.5 Å². The number of pyridine rings is 1. The third-order valence-corrected chi connectivity index (χ3v) is 2.13. The SMILES string of the molecule is COCCC(N)C(=O)c1cncc(C)c1. The summed E-state index contributed by atoms with van der Waals surface area (Å²) < 4.78 is 4.87. The smallest absolute Gasteiger partial charge is 0.181 e. The molecule has 1 heterocycles. The van der Waals surface area contributed by atoms with E-state index in [0.29, 0.717) is 18.6 Å². The van der Waals surface area contributed by atoms with Crippen molar-refractivity contribution in [3.8, 4) is 0 Å². The maximum atomic E-state index is 11.8. The molecule has 0 aliphatic rings. The molecule has 0 aliphatic carbocycles. The number of hydrogen-bond acceptors (Lipinski definition) is 4. The van der Waals surface area contributed by atoms with Crippen molar-refractivity contribution in [1.82, 2.24) is 4.98 Å². The highest BCUT2D eigenvalue weighted by atomic mass is 16.5. The number of nitrogens with two attached hydrogens (primary N) is 1. The monoisotopic (exact) mass is 208 g/mol. The van der Waals surface area contributed by atoms with E-state index < -0.39 is 6.04 Å². The van der Waals surface area contributed by atoms with Gasteiger partial charge >= 0.3 is 0 Å². The first kappa shape index (κ1) is 11.8. The molecular formula is C11H16N2O2. The first-order valence-corrected chi connectivity index (χ1v) is 4.85. The second-order valence-electron chi connectivity index (χ2n) is 3.50. The molecule has 15 heavy (non-hydrogen) atoms. The molecule has 0 aliphatic heterocycles. The van der Waals surface area contributed by atoms with E-state index in [1.807, 2.05) is 6.92 Å². The molecule has 0 bridgehead atoms. The van der Waals surface area contributed by atoms with Gasteiger partial charge in [-0.05, 0) is 25.0 Å². The minimum atomic E-state index is -0.506. The normalized spacial score (nSPS) is 12.5. The number of aryl methyl sites for hydroxylation is 1. The fourth-order valence-electron chi connectivity index (χ4n) is 1.28. The van der Waals surface area contributed by atoms with Gasteiger partial charge in [0.15, 0.2) is 5.78 Å². The Kier molecular flexibility index (Phi) is 4.39. The van der Waals surface area contributed by atoms with Crippen LogP contribution in [0.25, 0.3) is 0 Å². The van der Waals surface area contributed by atoms with Crippen molar-refractivity contribution in [1.29, 1.82) is 0 Å². The molecule has 1 rings (SSSR count). The van der Waals surface area contributed by atoms with Crippen molar-refractivity contribution < 1.29 is 9.53 Å². The third kappa shape index (κ3) is 3.42. The van der Waals surface area contributed by atoms with E-state index in [9.17, 15) is 4.79 Å². The number of ether oxygens (including phenoxy) is 1. The summed E-state index contributed by atoms with van der Waals surface area (Å²) in [4.78, 5) is 15.7. The van der Waals surface area contributed by atoms with Gasteiger partial charge in [-0.3, -0.25) is 9.78 Å². The molecule has 1 aromatic heterocycles. The topological polar surface area (TPSA) is 65.2 Å². The molecule has 1 aromatic rings. The predicted octanol–water partition coefficient (Wildman–Crippen LogP) is 0.937. The number of carbonyl (C=O) groups is 1. The number of methoxy groups -OCH3 is 1. The summed E-state index contributed by atoms with van der Waals surface area (Å²) in [7, 11) is 1.59. The van der Waals surface area contributed by atoms with E-state index >= 15 is 0 Å². The van der Waals surface area contributed by atoms with Crippen LogP contribution in [-0.4, -0.2) is 30.5 Å². The molecule has 0 saturated carbocycles. The minimum Gasteiger partial charge on any atom is -0.385 e. The summed E-state index contributed by atoms with van der Waals surface area (Å²) in [6.07, 6.45) is 3.78. The number of rotatable bonds is 5. The first-order chi connectivity index (χ1) is 7.15. The van der Waals surface area contributed by atoms with Crippen LogP contribution in [0.1, 0.15) is 22.3 Å². The molecule has 82 valence electrons. The summed E-state index contributed by atoms with van der Waals surface area (Å²) in [5.41, 5.74) is 7.25. The molecule has 0 aromatic carbocycles. The molecular weight excluding hydrogens is 192 g/mol. The van der Waals surface area contributed by atoms with Crippen molar-refractivity contribution in [2.75, 3.05) is 13.7 Å². The Hall–Kier alpha value is -1.26. The molecule has 0 saturated heterocycles. The average Bonchev–Trinajstić information content (AvgIpc) is 2.24. The summed E-state index contributed by atoms with van der Waals surface area (Å²) in [5, 5.41) is 0. The number of ketones is 1. The van der Waals surface area contributed by atoms with Crippen LogP contribution in [0, 0.1) is 6.92 Å². The van der Waals surface area contributed by atoms with Gasteiger partial charge in [-0.1, -0.05) is 0 Å². The van der Waals surface area contributed by atoms with E-state index in [4.69, 9.17) is 10.5 Å². The molecule has 0 amide bonds. The fourth-order valence-corrected chi connectivity index (χ4v) is 1.28. The van der Waals surface area contributed by atoms with Crippen molar-refractivity contribution in [3.05, 3.63) is 29.6 Å². The number of nitrogens with zero attached hydrogens (tertiary/aromatic N) is 1. The third-order valence-electron chi connectivity index (χ3n) is 2.13. The van der Waals surface area contributed by atoms with Crippen LogP contribution in [0.5, 0.6) is 0 Å². The van der Waals surface area contributed by atoms with Gasteiger partial charge in [-0.25, -0.2) is 0 Å². The summed E-state index contributed by atoms with van der Waals surface area (Å²) in [6, 6.07) is 1.29. The molecule has 0 spiro atoms. The largest absolute Gasteiger partial charge is 0.385 e. The Labute approximate surface area is 89.5 Å². The maximum absolute atomic E-state index is 11.8. The molecule has 1 atom stereocenters. The van der Waals surface area contributed by atoms with Crippen molar-refractivity contribution in [2.24, 2.45) is 5.73 Å². The highest BCUT2D eigenvalue weighted by Gasteiger charge is 2.15. The standard InChI is InChI=1S/C11H16N2O2/c1-8-5-9(7-13-6-8)11(14)10(12)3-4-15-2/h5-7,10H,3-4,12H2,1-2H3. The highest BCUT2D eigenvalue weighted by Crippen LogP contribution is 2.06. The molecule has 4 heteroatoms. The van der Waals surface area contributed by atoms with Gasteiger partial charge in [-0.2, -0.15) is 0 Å². The van der Waals surface area contributed by atoms with Crippen LogP contribution in [0.3, 0.4) is 0 Å². The Morgan fingerprint density at radius 1 is 1.60 bits per heavy atom. The number of carbonyl (C=O) groups excluding carboxylic acids is 1. The van der Waals surface area contributed by atoms with Crippen LogP contribution in [0.15, 0.2) is 18.5 Å². The van der Waals surface area contributed by atoms with Gasteiger partial charge in [0.2, 0.25) is 0 Å². The van der Waals surface area contributed by atoms with Gasteiger partial charge in [0.25, 0.3) is 0 Å². The molecule has 1 unspecified atom stereocenters. The number of hydrogen-bond donors (Lipinski definition) is 1. The zero-order valence-corrected chi connectivity index (χ0v) is 9.06. The number of Topliss-reactive ketones (excluding diaryl/α,β-unsaturated/α-hetero) is 1. The maximum Gasteiger partial charge on any atom is 0.181 e. The zero-order valence-electron chi connectivity index (χ0n) is 9.06. The van der Waals surface area contributed by atoms with E-state index in [1.54, 1.807) is 25.6 Å². The Balaban J connectivity index is 2.67. The molecule has 2 N–H and O–H groups in total. The van der Waals surface area contributed by atoms with Gasteiger partial charge in [0.05, 0.1) is 6.04 Å². The van der Waals surface area contributed by atoms with E-state index in [-0.39, 0.29) is 5.78 Å². The summed E-state index contributed by atoms with van der Waals surface area (Å²) >= 11 is 0. The van der Waals surface area contributed by atoms with Crippen LogP contribution in [-0.2, 0) is 4.74 Å². The quantitative estimate of drug-likeness (QED) is 0.731. The Bertz CT molecular complexity index is 339. The Morgan fingerprint density at radius 3 is 2.93 bits per heavy atom. The van der Waals surface area contributed by atoms with Crippen molar-refractivity contribution >= 4 is 5.78 Å². The second kappa shape index (κ2) is 5.58. The van der Waals surface area contributed by atoms with Crippen LogP contribution >= 0.6 is 0 Å².